The molecule has 0 aliphatic heterocycles. The highest BCUT2D eigenvalue weighted by Gasteiger charge is 2.15. The normalized spacial score (nSPS) is 10.5. The monoisotopic (exact) mass is 305 g/mol. The Labute approximate surface area is 127 Å². The number of nitrogens with zero attached hydrogens (tertiary/aromatic N) is 2. The molecule has 21 heavy (non-hydrogen) atoms. The van der Waals surface area contributed by atoms with Crippen molar-refractivity contribution in [2.24, 2.45) is 5.84 Å². The summed E-state index contributed by atoms with van der Waals surface area (Å²) in [6.07, 6.45) is 1.44. The minimum Gasteiger partial charge on any atom is -0.367 e. The molecule has 1 aromatic heterocycles. The van der Waals surface area contributed by atoms with Gasteiger partial charge in [0.05, 0.1) is 0 Å². The van der Waals surface area contributed by atoms with Crippen LogP contribution in [0.5, 0.6) is 0 Å². The third-order valence-corrected chi connectivity index (χ3v) is 2.91. The van der Waals surface area contributed by atoms with Crippen LogP contribution in [0.25, 0.3) is 11.4 Å². The van der Waals surface area contributed by atoms with Crippen LogP contribution >= 0.6 is 11.6 Å². The third kappa shape index (κ3) is 3.68. The van der Waals surface area contributed by atoms with Gasteiger partial charge in [-0.3, -0.25) is 10.2 Å². The zero-order valence-corrected chi connectivity index (χ0v) is 12.5. The number of hydrazine groups is 1. The van der Waals surface area contributed by atoms with Crippen LogP contribution in [0.3, 0.4) is 0 Å². The summed E-state index contributed by atoms with van der Waals surface area (Å²) < 4.78 is 0. The summed E-state index contributed by atoms with van der Waals surface area (Å²) in [6, 6.07) is 7.31. The van der Waals surface area contributed by atoms with Crippen LogP contribution in [0.1, 0.15) is 24.2 Å². The molecular formula is C14H16ClN5O. The van der Waals surface area contributed by atoms with E-state index in [9.17, 15) is 4.79 Å². The summed E-state index contributed by atoms with van der Waals surface area (Å²) in [5.41, 5.74) is 3.14. The highest BCUT2D eigenvalue weighted by molar-refractivity contribution is 6.30. The zero-order valence-electron chi connectivity index (χ0n) is 11.7. The molecule has 6 nitrogen and oxygen atoms in total. The van der Waals surface area contributed by atoms with Crippen LogP contribution in [-0.2, 0) is 0 Å². The summed E-state index contributed by atoms with van der Waals surface area (Å²) in [5, 5.41) is 3.71. The van der Waals surface area contributed by atoms with E-state index in [1.54, 1.807) is 12.1 Å². The number of anilines is 1. The number of nitrogen functional groups attached to an aromatic ring is 1. The average Bonchev–Trinajstić information content (AvgIpc) is 2.46. The Kier molecular flexibility index (Phi) is 4.72. The largest absolute Gasteiger partial charge is 0.367 e. The minimum atomic E-state index is -0.448. The van der Waals surface area contributed by atoms with Crippen LogP contribution in [-0.4, -0.2) is 21.9 Å². The van der Waals surface area contributed by atoms with Gasteiger partial charge in [-0.1, -0.05) is 23.7 Å². The van der Waals surface area contributed by atoms with E-state index in [2.05, 4.69) is 20.7 Å². The molecule has 2 aromatic rings. The first-order valence-electron chi connectivity index (χ1n) is 6.41. The first kappa shape index (κ1) is 15.2. The molecule has 0 saturated heterocycles. The van der Waals surface area contributed by atoms with Crippen molar-refractivity contribution < 1.29 is 4.79 Å². The fourth-order valence-electron chi connectivity index (χ4n) is 1.78. The van der Waals surface area contributed by atoms with Gasteiger partial charge in [-0.2, -0.15) is 0 Å². The summed E-state index contributed by atoms with van der Waals surface area (Å²) in [5.74, 6) is 5.63. The number of nitrogens with two attached hydrogens (primary N) is 1. The van der Waals surface area contributed by atoms with E-state index in [1.165, 1.54) is 6.20 Å². The van der Waals surface area contributed by atoms with Crippen molar-refractivity contribution in [3.05, 3.63) is 41.0 Å². The quantitative estimate of drug-likeness (QED) is 0.457. The van der Waals surface area contributed by atoms with E-state index in [0.29, 0.717) is 16.7 Å². The Balaban J connectivity index is 2.48. The Hall–Kier alpha value is -2.18. The highest BCUT2D eigenvalue weighted by atomic mass is 35.5. The number of hydrogen-bond donors (Lipinski definition) is 3. The molecule has 0 aliphatic rings. The standard InChI is InChI=1S/C14H16ClN5O/c1-8(2)18-13-11(14(21)20-16)7-17-12(19-13)9-4-3-5-10(15)6-9/h3-8H,16H2,1-2H3,(H,20,21)(H,17,18,19). The van der Waals surface area contributed by atoms with Crippen molar-refractivity contribution in [3.8, 4) is 11.4 Å². The average molecular weight is 306 g/mol. The maximum Gasteiger partial charge on any atom is 0.270 e. The van der Waals surface area contributed by atoms with Crippen molar-refractivity contribution in [2.75, 3.05) is 5.32 Å². The number of benzene rings is 1. The first-order valence-corrected chi connectivity index (χ1v) is 6.79. The molecule has 1 heterocycles. The molecule has 110 valence electrons. The maximum absolute atomic E-state index is 11.7. The molecule has 1 aromatic carbocycles. The second-order valence-electron chi connectivity index (χ2n) is 4.74. The lowest BCUT2D eigenvalue weighted by molar-refractivity contribution is 0.0954. The predicted octanol–water partition coefficient (Wildman–Crippen LogP) is 2.22. The van der Waals surface area contributed by atoms with Gasteiger partial charge in [-0.25, -0.2) is 15.8 Å². The van der Waals surface area contributed by atoms with Gasteiger partial charge in [0.2, 0.25) is 0 Å². The molecule has 0 fully saturated rings. The van der Waals surface area contributed by atoms with Crippen molar-refractivity contribution in [1.82, 2.24) is 15.4 Å². The summed E-state index contributed by atoms with van der Waals surface area (Å²) >= 11 is 5.97. The number of carbonyl (C=O) groups is 1. The van der Waals surface area contributed by atoms with Gasteiger partial charge in [-0.15, -0.1) is 0 Å². The summed E-state index contributed by atoms with van der Waals surface area (Å²) in [7, 11) is 0. The second-order valence-corrected chi connectivity index (χ2v) is 5.18. The minimum absolute atomic E-state index is 0.108. The third-order valence-electron chi connectivity index (χ3n) is 2.67. The van der Waals surface area contributed by atoms with Gasteiger partial charge < -0.3 is 5.32 Å². The van der Waals surface area contributed by atoms with Crippen molar-refractivity contribution >= 4 is 23.3 Å². The van der Waals surface area contributed by atoms with Crippen LogP contribution in [0.4, 0.5) is 5.82 Å². The molecule has 0 aliphatic carbocycles. The lowest BCUT2D eigenvalue weighted by Crippen LogP contribution is -2.31. The Bertz CT molecular complexity index is 660. The van der Waals surface area contributed by atoms with Gasteiger partial charge >= 0.3 is 0 Å². The second kappa shape index (κ2) is 6.51. The van der Waals surface area contributed by atoms with Gasteiger partial charge in [0, 0.05) is 22.8 Å². The first-order chi connectivity index (χ1) is 10.0. The molecule has 0 radical (unpaired) electrons. The van der Waals surface area contributed by atoms with Crippen LogP contribution in [0.15, 0.2) is 30.5 Å². The molecule has 0 unspecified atom stereocenters. The Morgan fingerprint density at radius 2 is 2.14 bits per heavy atom. The summed E-state index contributed by atoms with van der Waals surface area (Å²) in [6.45, 7) is 3.90. The van der Waals surface area contributed by atoms with E-state index >= 15 is 0 Å². The fraction of sp³-hybridized carbons (Fsp3) is 0.214. The number of nitrogens with one attached hydrogen (secondary N) is 2. The number of rotatable bonds is 4. The van der Waals surface area contributed by atoms with E-state index in [4.69, 9.17) is 17.4 Å². The van der Waals surface area contributed by atoms with Gasteiger partial charge in [0.15, 0.2) is 5.82 Å². The van der Waals surface area contributed by atoms with Crippen LogP contribution in [0.2, 0.25) is 5.02 Å². The molecule has 4 N–H and O–H groups in total. The molecule has 1 amide bonds. The lowest BCUT2D eigenvalue weighted by atomic mass is 10.2. The molecule has 0 atom stereocenters. The fourth-order valence-corrected chi connectivity index (χ4v) is 1.97. The van der Waals surface area contributed by atoms with Crippen LogP contribution < -0.4 is 16.6 Å². The SMILES string of the molecule is CC(C)Nc1nc(-c2cccc(Cl)c2)ncc1C(=O)NN. The highest BCUT2D eigenvalue weighted by Crippen LogP contribution is 2.22. The van der Waals surface area contributed by atoms with Crippen molar-refractivity contribution in [3.63, 3.8) is 0 Å². The van der Waals surface area contributed by atoms with Gasteiger partial charge in [0.25, 0.3) is 5.91 Å². The number of carbonyl (C=O) groups excluding carboxylic acids is 1. The smallest absolute Gasteiger partial charge is 0.270 e. The Morgan fingerprint density at radius 3 is 2.76 bits per heavy atom. The number of halogens is 1. The molecule has 2 rings (SSSR count). The van der Waals surface area contributed by atoms with Gasteiger partial charge in [-0.05, 0) is 26.0 Å². The molecule has 7 heteroatoms. The van der Waals surface area contributed by atoms with Gasteiger partial charge in [0.1, 0.15) is 11.4 Å². The maximum atomic E-state index is 11.7. The molecule has 0 bridgehead atoms. The predicted molar refractivity (Wildman–Crippen MR) is 82.9 cm³/mol. The van der Waals surface area contributed by atoms with E-state index in [0.717, 1.165) is 5.56 Å². The molecule has 0 spiro atoms. The van der Waals surface area contributed by atoms with Crippen molar-refractivity contribution in [1.29, 1.82) is 0 Å². The Morgan fingerprint density at radius 1 is 1.38 bits per heavy atom. The topological polar surface area (TPSA) is 92.9 Å². The zero-order chi connectivity index (χ0) is 15.4. The number of aromatic nitrogens is 2. The molecular weight excluding hydrogens is 290 g/mol. The number of amides is 1. The number of hydrogen-bond acceptors (Lipinski definition) is 5. The van der Waals surface area contributed by atoms with E-state index < -0.39 is 5.91 Å². The summed E-state index contributed by atoms with van der Waals surface area (Å²) in [4.78, 5) is 20.3. The molecule has 0 saturated carbocycles. The van der Waals surface area contributed by atoms with E-state index in [1.807, 2.05) is 26.0 Å². The van der Waals surface area contributed by atoms with E-state index in [-0.39, 0.29) is 11.6 Å². The lowest BCUT2D eigenvalue weighted by Gasteiger charge is -2.13. The van der Waals surface area contributed by atoms with Crippen LogP contribution in [0, 0.1) is 0 Å². The van der Waals surface area contributed by atoms with Crippen molar-refractivity contribution in [2.45, 2.75) is 19.9 Å².